The molecule has 0 aliphatic rings. The minimum Gasteiger partial charge on any atom is -0.353 e. The van der Waals surface area contributed by atoms with Gasteiger partial charge in [-0.2, -0.15) is 0 Å². The molecule has 0 saturated carbocycles. The predicted molar refractivity (Wildman–Crippen MR) is 99.2 cm³/mol. The van der Waals surface area contributed by atoms with Crippen LogP contribution < -0.4 is 10.6 Å². The summed E-state index contributed by atoms with van der Waals surface area (Å²) in [7, 11) is 0. The van der Waals surface area contributed by atoms with Crippen molar-refractivity contribution in [2.24, 2.45) is 0 Å². The Morgan fingerprint density at radius 1 is 1.08 bits per heavy atom. The molecule has 25 heavy (non-hydrogen) atoms. The lowest BCUT2D eigenvalue weighted by molar-refractivity contribution is -0.124. The number of hydrogen-bond acceptors (Lipinski definition) is 3. The fraction of sp³-hybridized carbons (Fsp3) is 0.350. The van der Waals surface area contributed by atoms with E-state index in [1.807, 2.05) is 49.4 Å². The standard InChI is InChI=1S/C20H25N3O2/c1-3-16-7-6-9-18(14-16)23-20(25)11-10-19(24)22-15(2)13-17-8-4-5-12-21-17/h4-9,12,14-15H,3,10-11,13H2,1-2H3,(H,22,24)(H,23,25)/t15-/m0/s1. The number of nitrogens with zero attached hydrogens (tertiary/aromatic N) is 1. The van der Waals surface area contributed by atoms with Gasteiger partial charge in [-0.05, 0) is 43.2 Å². The summed E-state index contributed by atoms with van der Waals surface area (Å²) in [5, 5.41) is 5.74. The van der Waals surface area contributed by atoms with E-state index in [1.54, 1.807) is 6.20 Å². The van der Waals surface area contributed by atoms with Gasteiger partial charge in [0, 0.05) is 42.9 Å². The zero-order valence-corrected chi connectivity index (χ0v) is 14.8. The molecule has 5 heteroatoms. The molecule has 0 radical (unpaired) electrons. The highest BCUT2D eigenvalue weighted by atomic mass is 16.2. The maximum atomic E-state index is 12.0. The van der Waals surface area contributed by atoms with Crippen LogP contribution in [0, 0.1) is 0 Å². The summed E-state index contributed by atoms with van der Waals surface area (Å²) in [5.41, 5.74) is 2.87. The summed E-state index contributed by atoms with van der Waals surface area (Å²) in [4.78, 5) is 28.2. The first kappa shape index (κ1) is 18.6. The molecule has 1 aromatic heterocycles. The first-order chi connectivity index (χ1) is 12.1. The molecule has 0 unspecified atom stereocenters. The molecule has 2 aromatic rings. The van der Waals surface area contributed by atoms with E-state index >= 15 is 0 Å². The maximum absolute atomic E-state index is 12.0. The normalized spacial score (nSPS) is 11.6. The van der Waals surface area contributed by atoms with Crippen molar-refractivity contribution in [2.45, 2.75) is 45.6 Å². The summed E-state index contributed by atoms with van der Waals surface area (Å²) >= 11 is 0. The first-order valence-electron chi connectivity index (χ1n) is 8.65. The number of pyridine rings is 1. The van der Waals surface area contributed by atoms with Crippen molar-refractivity contribution in [3.8, 4) is 0 Å². The van der Waals surface area contributed by atoms with E-state index in [0.717, 1.165) is 17.8 Å². The van der Waals surface area contributed by atoms with Gasteiger partial charge in [-0.1, -0.05) is 25.1 Å². The number of hydrogen-bond donors (Lipinski definition) is 2. The molecule has 1 aromatic carbocycles. The smallest absolute Gasteiger partial charge is 0.224 e. The van der Waals surface area contributed by atoms with Gasteiger partial charge in [-0.15, -0.1) is 0 Å². The molecule has 0 spiro atoms. The number of aromatic nitrogens is 1. The van der Waals surface area contributed by atoms with Crippen molar-refractivity contribution < 1.29 is 9.59 Å². The number of nitrogens with one attached hydrogen (secondary N) is 2. The van der Waals surface area contributed by atoms with Crippen LogP contribution in [0.2, 0.25) is 0 Å². The van der Waals surface area contributed by atoms with Crippen LogP contribution in [-0.4, -0.2) is 22.8 Å². The molecule has 2 rings (SSSR count). The summed E-state index contributed by atoms with van der Waals surface area (Å²) in [6.07, 6.45) is 3.66. The summed E-state index contributed by atoms with van der Waals surface area (Å²) in [6.45, 7) is 4.00. The van der Waals surface area contributed by atoms with Crippen LogP contribution in [0.4, 0.5) is 5.69 Å². The molecule has 2 amide bonds. The number of benzene rings is 1. The summed E-state index contributed by atoms with van der Waals surface area (Å²) < 4.78 is 0. The van der Waals surface area contributed by atoms with Crippen molar-refractivity contribution in [2.75, 3.05) is 5.32 Å². The van der Waals surface area contributed by atoms with E-state index in [-0.39, 0.29) is 30.7 Å². The lowest BCUT2D eigenvalue weighted by atomic mass is 10.1. The van der Waals surface area contributed by atoms with Crippen LogP contribution in [0.15, 0.2) is 48.7 Å². The second-order valence-corrected chi connectivity index (χ2v) is 6.10. The third-order valence-electron chi connectivity index (χ3n) is 3.85. The van der Waals surface area contributed by atoms with Gasteiger partial charge in [0.2, 0.25) is 11.8 Å². The topological polar surface area (TPSA) is 71.1 Å². The van der Waals surface area contributed by atoms with Gasteiger partial charge >= 0.3 is 0 Å². The van der Waals surface area contributed by atoms with E-state index < -0.39 is 0 Å². The predicted octanol–water partition coefficient (Wildman–Crippen LogP) is 3.11. The van der Waals surface area contributed by atoms with Gasteiger partial charge in [0.25, 0.3) is 0 Å². The van der Waals surface area contributed by atoms with Crippen LogP contribution in [0.3, 0.4) is 0 Å². The van der Waals surface area contributed by atoms with E-state index in [1.165, 1.54) is 5.56 Å². The van der Waals surface area contributed by atoms with Crippen LogP contribution in [0.1, 0.15) is 37.9 Å². The second kappa shape index (κ2) is 9.57. The van der Waals surface area contributed by atoms with Crippen molar-refractivity contribution in [3.63, 3.8) is 0 Å². The minimum atomic E-state index is -0.152. The molecular formula is C20H25N3O2. The van der Waals surface area contributed by atoms with Crippen molar-refractivity contribution in [3.05, 3.63) is 59.9 Å². The Hall–Kier alpha value is -2.69. The van der Waals surface area contributed by atoms with Crippen molar-refractivity contribution in [1.29, 1.82) is 0 Å². The number of carbonyl (C=O) groups is 2. The number of rotatable bonds is 8. The molecule has 1 heterocycles. The quantitative estimate of drug-likeness (QED) is 0.776. The summed E-state index contributed by atoms with van der Waals surface area (Å²) in [6, 6.07) is 13.4. The molecule has 5 nitrogen and oxygen atoms in total. The molecule has 0 aliphatic carbocycles. The Labute approximate surface area is 148 Å². The number of anilines is 1. The number of amides is 2. The van der Waals surface area contributed by atoms with Gasteiger partial charge in [-0.3, -0.25) is 14.6 Å². The highest BCUT2D eigenvalue weighted by Gasteiger charge is 2.11. The molecule has 0 saturated heterocycles. The Balaban J connectivity index is 1.72. The molecule has 0 aliphatic heterocycles. The van der Waals surface area contributed by atoms with Gasteiger partial charge < -0.3 is 10.6 Å². The third kappa shape index (κ3) is 6.75. The average molecular weight is 339 g/mol. The fourth-order valence-electron chi connectivity index (χ4n) is 2.55. The monoisotopic (exact) mass is 339 g/mol. The van der Waals surface area contributed by atoms with Crippen LogP contribution in [0.5, 0.6) is 0 Å². The SMILES string of the molecule is CCc1cccc(NC(=O)CCC(=O)N[C@@H](C)Cc2ccccn2)c1. The molecule has 0 bridgehead atoms. The summed E-state index contributed by atoms with van der Waals surface area (Å²) in [5.74, 6) is -0.276. The first-order valence-corrected chi connectivity index (χ1v) is 8.65. The van der Waals surface area contributed by atoms with Crippen LogP contribution >= 0.6 is 0 Å². The van der Waals surface area contributed by atoms with Gasteiger partial charge in [0.1, 0.15) is 0 Å². The van der Waals surface area contributed by atoms with Gasteiger partial charge in [0.15, 0.2) is 0 Å². The Morgan fingerprint density at radius 3 is 2.60 bits per heavy atom. The van der Waals surface area contributed by atoms with Crippen molar-refractivity contribution >= 4 is 17.5 Å². The minimum absolute atomic E-state index is 0.0216. The van der Waals surface area contributed by atoms with Crippen molar-refractivity contribution in [1.82, 2.24) is 10.3 Å². The Bertz CT molecular complexity index is 701. The highest BCUT2D eigenvalue weighted by molar-refractivity contribution is 5.93. The molecular weight excluding hydrogens is 314 g/mol. The zero-order chi connectivity index (χ0) is 18.1. The molecule has 132 valence electrons. The van der Waals surface area contributed by atoms with Crippen LogP contribution in [-0.2, 0) is 22.4 Å². The van der Waals surface area contributed by atoms with E-state index in [2.05, 4.69) is 22.5 Å². The van der Waals surface area contributed by atoms with Gasteiger partial charge in [0.05, 0.1) is 0 Å². The van der Waals surface area contributed by atoms with E-state index in [9.17, 15) is 9.59 Å². The molecule has 2 N–H and O–H groups in total. The number of aryl methyl sites for hydroxylation is 1. The fourth-order valence-corrected chi connectivity index (χ4v) is 2.55. The highest BCUT2D eigenvalue weighted by Crippen LogP contribution is 2.11. The maximum Gasteiger partial charge on any atom is 0.224 e. The second-order valence-electron chi connectivity index (χ2n) is 6.10. The lowest BCUT2D eigenvalue weighted by Crippen LogP contribution is -2.34. The molecule has 1 atom stereocenters. The largest absolute Gasteiger partial charge is 0.353 e. The van der Waals surface area contributed by atoms with E-state index in [4.69, 9.17) is 0 Å². The van der Waals surface area contributed by atoms with Gasteiger partial charge in [-0.25, -0.2) is 0 Å². The number of carbonyl (C=O) groups excluding carboxylic acids is 2. The third-order valence-corrected chi connectivity index (χ3v) is 3.85. The average Bonchev–Trinajstić information content (AvgIpc) is 2.61. The Kier molecular flexibility index (Phi) is 7.14. The lowest BCUT2D eigenvalue weighted by Gasteiger charge is -2.13. The van der Waals surface area contributed by atoms with Crippen LogP contribution in [0.25, 0.3) is 0 Å². The Morgan fingerprint density at radius 2 is 1.88 bits per heavy atom. The molecule has 0 fully saturated rings. The van der Waals surface area contributed by atoms with E-state index in [0.29, 0.717) is 6.42 Å². The zero-order valence-electron chi connectivity index (χ0n) is 14.8.